The predicted molar refractivity (Wildman–Crippen MR) is 169 cm³/mol. The lowest BCUT2D eigenvalue weighted by Crippen LogP contribution is -2.39. The van der Waals surface area contributed by atoms with Crippen LogP contribution in [0.5, 0.6) is 17.2 Å². The lowest BCUT2D eigenvalue weighted by atomic mass is 9.96. The molecular weight excluding hydrogens is 651 g/mol. The molecule has 0 unspecified atom stereocenters. The Labute approximate surface area is 265 Å². The first-order chi connectivity index (χ1) is 21.2. The molecule has 5 rings (SSSR count). The second kappa shape index (κ2) is 13.6. The quantitative estimate of drug-likeness (QED) is 0.200. The van der Waals surface area contributed by atoms with Crippen molar-refractivity contribution in [2.24, 2.45) is 4.99 Å². The lowest BCUT2D eigenvalue weighted by Gasteiger charge is -2.24. The van der Waals surface area contributed by atoms with Gasteiger partial charge in [0.15, 0.2) is 16.3 Å². The fourth-order valence-electron chi connectivity index (χ4n) is 4.93. The number of rotatable bonds is 10. The number of halogens is 2. The molecule has 0 radical (unpaired) electrons. The van der Waals surface area contributed by atoms with Crippen LogP contribution < -0.4 is 29.1 Å². The number of nitrogens with zero attached hydrogens (tertiary/aromatic N) is 2. The molecule has 1 aliphatic heterocycles. The molecular formula is C33H30BrFN2O6S. The summed E-state index contributed by atoms with van der Waals surface area (Å²) in [6.07, 6.45) is 1.69. The van der Waals surface area contributed by atoms with Gasteiger partial charge in [-0.25, -0.2) is 14.2 Å². The monoisotopic (exact) mass is 680 g/mol. The molecule has 0 spiro atoms. The number of allylic oxidation sites excluding steroid dienone is 1. The van der Waals surface area contributed by atoms with E-state index in [0.29, 0.717) is 60.0 Å². The molecule has 3 aromatic carbocycles. The summed E-state index contributed by atoms with van der Waals surface area (Å²) in [5, 5.41) is 0. The minimum Gasteiger partial charge on any atom is -0.494 e. The maximum absolute atomic E-state index is 14.4. The van der Waals surface area contributed by atoms with Gasteiger partial charge in [0.05, 0.1) is 42.2 Å². The van der Waals surface area contributed by atoms with E-state index in [1.165, 1.54) is 29.1 Å². The van der Waals surface area contributed by atoms with Crippen molar-refractivity contribution in [3.63, 3.8) is 0 Å². The molecule has 0 fully saturated rings. The van der Waals surface area contributed by atoms with Gasteiger partial charge in [0.25, 0.3) is 5.56 Å². The Morgan fingerprint density at radius 3 is 2.52 bits per heavy atom. The van der Waals surface area contributed by atoms with Crippen molar-refractivity contribution in [2.75, 3.05) is 20.3 Å². The molecule has 11 heteroatoms. The minimum absolute atomic E-state index is 0.0490. The first kappa shape index (κ1) is 31.2. The highest BCUT2D eigenvalue weighted by Crippen LogP contribution is 2.36. The fourth-order valence-corrected chi connectivity index (χ4v) is 6.42. The van der Waals surface area contributed by atoms with E-state index in [1.54, 1.807) is 62.4 Å². The molecule has 1 aromatic heterocycles. The van der Waals surface area contributed by atoms with Crippen molar-refractivity contribution in [3.05, 3.63) is 119 Å². The van der Waals surface area contributed by atoms with Gasteiger partial charge in [-0.3, -0.25) is 9.36 Å². The molecule has 0 saturated carbocycles. The number of hydrogen-bond donors (Lipinski definition) is 0. The van der Waals surface area contributed by atoms with E-state index >= 15 is 0 Å². The smallest absolute Gasteiger partial charge is 0.338 e. The van der Waals surface area contributed by atoms with Gasteiger partial charge >= 0.3 is 5.97 Å². The summed E-state index contributed by atoms with van der Waals surface area (Å²) in [4.78, 5) is 32.4. The number of esters is 1. The van der Waals surface area contributed by atoms with Gasteiger partial charge in [-0.15, -0.1) is 0 Å². The summed E-state index contributed by atoms with van der Waals surface area (Å²) in [6, 6.07) is 16.4. The van der Waals surface area contributed by atoms with Gasteiger partial charge in [0, 0.05) is 15.6 Å². The van der Waals surface area contributed by atoms with Crippen molar-refractivity contribution >= 4 is 39.3 Å². The number of fused-ring (bicyclic) bond motifs is 1. The summed E-state index contributed by atoms with van der Waals surface area (Å²) < 4.78 is 39.6. The van der Waals surface area contributed by atoms with Gasteiger partial charge < -0.3 is 18.9 Å². The average molecular weight is 682 g/mol. The zero-order chi connectivity index (χ0) is 31.4. The van der Waals surface area contributed by atoms with Gasteiger partial charge in [-0.1, -0.05) is 57.6 Å². The highest BCUT2D eigenvalue weighted by atomic mass is 79.9. The Morgan fingerprint density at radius 2 is 1.84 bits per heavy atom. The van der Waals surface area contributed by atoms with Crippen molar-refractivity contribution < 1.29 is 28.1 Å². The maximum atomic E-state index is 14.4. The van der Waals surface area contributed by atoms with E-state index in [2.05, 4.69) is 20.9 Å². The van der Waals surface area contributed by atoms with Crippen LogP contribution >= 0.6 is 27.3 Å². The molecule has 44 heavy (non-hydrogen) atoms. The van der Waals surface area contributed by atoms with Gasteiger partial charge in [-0.2, -0.15) is 0 Å². The van der Waals surface area contributed by atoms with Crippen molar-refractivity contribution in [3.8, 4) is 17.2 Å². The number of benzene rings is 3. The number of ether oxygens (including phenoxy) is 4. The van der Waals surface area contributed by atoms with Gasteiger partial charge in [0.1, 0.15) is 18.2 Å². The molecule has 0 amide bonds. The number of aromatic nitrogens is 1. The van der Waals surface area contributed by atoms with Crippen LogP contribution in [0.1, 0.15) is 43.5 Å². The van der Waals surface area contributed by atoms with Crippen LogP contribution in [-0.4, -0.2) is 30.9 Å². The van der Waals surface area contributed by atoms with Crippen LogP contribution in [0.3, 0.4) is 0 Å². The largest absolute Gasteiger partial charge is 0.494 e. The standard InChI is InChI=1S/C33H30BrFN2O6S/c1-5-41-24-13-11-20(12-14-24)29-28(32(39)42-6-2)19(3)36-33-37(29)31(38)27(44-33)16-22-15-23(34)17-26(40-4)30(22)43-18-21-9-7-8-10-25(21)35/h7-17,29H,5-6,18H2,1-4H3/b27-16-/t29-/m1/s1. The van der Waals surface area contributed by atoms with E-state index in [9.17, 15) is 14.0 Å². The lowest BCUT2D eigenvalue weighted by molar-refractivity contribution is -0.139. The second-order valence-electron chi connectivity index (χ2n) is 9.71. The second-order valence-corrected chi connectivity index (χ2v) is 11.6. The first-order valence-corrected chi connectivity index (χ1v) is 15.5. The van der Waals surface area contributed by atoms with Crippen LogP contribution in [0.15, 0.2) is 86.2 Å². The van der Waals surface area contributed by atoms with Crippen LogP contribution in [-0.2, 0) is 16.1 Å². The number of hydrogen-bond acceptors (Lipinski definition) is 8. The van der Waals surface area contributed by atoms with Crippen LogP contribution in [0.25, 0.3) is 6.08 Å². The fraction of sp³-hybridized carbons (Fsp3) is 0.242. The van der Waals surface area contributed by atoms with E-state index in [0.717, 1.165) is 0 Å². The van der Waals surface area contributed by atoms with Crippen molar-refractivity contribution in [2.45, 2.75) is 33.4 Å². The Kier molecular flexibility index (Phi) is 9.65. The van der Waals surface area contributed by atoms with Crippen molar-refractivity contribution in [1.29, 1.82) is 0 Å². The van der Waals surface area contributed by atoms with Crippen LogP contribution in [0, 0.1) is 5.82 Å². The topological polar surface area (TPSA) is 88.4 Å². The summed E-state index contributed by atoms with van der Waals surface area (Å²) in [5.41, 5.74) is 2.02. The number of carbonyl (C=O) groups excluding carboxylic acids is 1. The Morgan fingerprint density at radius 1 is 1.09 bits per heavy atom. The van der Waals surface area contributed by atoms with E-state index < -0.39 is 12.0 Å². The van der Waals surface area contributed by atoms with E-state index in [-0.39, 0.29) is 30.2 Å². The van der Waals surface area contributed by atoms with Crippen LogP contribution in [0.2, 0.25) is 0 Å². The Hall–Kier alpha value is -4.22. The highest BCUT2D eigenvalue weighted by molar-refractivity contribution is 9.10. The number of carbonyl (C=O) groups is 1. The molecule has 0 bridgehead atoms. The SMILES string of the molecule is CCOC(=O)C1=C(C)N=c2s/c(=C\c3cc(Br)cc(OC)c3OCc3ccccc3F)c(=O)n2[C@@H]1c1ccc(OCC)cc1. The van der Waals surface area contributed by atoms with Crippen LogP contribution in [0.4, 0.5) is 4.39 Å². The molecule has 0 aliphatic carbocycles. The minimum atomic E-state index is -0.767. The zero-order valence-corrected chi connectivity index (χ0v) is 27.0. The number of thiazole rings is 1. The Bertz CT molecular complexity index is 1920. The highest BCUT2D eigenvalue weighted by Gasteiger charge is 2.33. The molecule has 4 aromatic rings. The van der Waals surface area contributed by atoms with Crippen molar-refractivity contribution in [1.82, 2.24) is 4.57 Å². The molecule has 2 heterocycles. The summed E-state index contributed by atoms with van der Waals surface area (Å²) in [5.74, 6) is 0.496. The zero-order valence-electron chi connectivity index (χ0n) is 24.6. The maximum Gasteiger partial charge on any atom is 0.338 e. The third kappa shape index (κ3) is 6.34. The van der Waals surface area contributed by atoms with Gasteiger partial charge in [-0.05, 0) is 62.7 Å². The normalized spacial score (nSPS) is 14.6. The predicted octanol–water partition coefficient (Wildman–Crippen LogP) is 5.69. The summed E-state index contributed by atoms with van der Waals surface area (Å²) >= 11 is 4.69. The third-order valence-corrected chi connectivity index (χ3v) is 8.35. The number of methoxy groups -OCH3 is 1. The van der Waals surface area contributed by atoms with E-state index in [1.807, 2.05) is 19.1 Å². The first-order valence-electron chi connectivity index (χ1n) is 13.9. The molecule has 1 atom stereocenters. The summed E-state index contributed by atoms with van der Waals surface area (Å²) in [6.45, 7) is 6.00. The van der Waals surface area contributed by atoms with Gasteiger partial charge in [0.2, 0.25) is 0 Å². The average Bonchev–Trinajstić information content (AvgIpc) is 3.30. The van der Waals surface area contributed by atoms with E-state index in [4.69, 9.17) is 18.9 Å². The summed E-state index contributed by atoms with van der Waals surface area (Å²) in [7, 11) is 1.51. The molecule has 228 valence electrons. The molecule has 1 aliphatic rings. The third-order valence-electron chi connectivity index (χ3n) is 6.91. The Balaban J connectivity index is 1.66. The molecule has 0 N–H and O–H groups in total. The molecule has 8 nitrogen and oxygen atoms in total. The molecule has 0 saturated heterocycles.